The van der Waals surface area contributed by atoms with Gasteiger partial charge >= 0.3 is 0 Å². The minimum absolute atomic E-state index is 0.0252. The summed E-state index contributed by atoms with van der Waals surface area (Å²) in [5.41, 5.74) is 0.395. The first-order valence-electron chi connectivity index (χ1n) is 6.93. The highest BCUT2D eigenvalue weighted by Crippen LogP contribution is 2.30. The molecule has 1 N–H and O–H groups in total. The molecule has 0 radical (unpaired) electrons. The molecule has 0 aliphatic heterocycles. The predicted octanol–water partition coefficient (Wildman–Crippen LogP) is 6.28. The van der Waals surface area contributed by atoms with Crippen molar-refractivity contribution in [3.63, 3.8) is 0 Å². The lowest BCUT2D eigenvalue weighted by molar-refractivity contribution is 0.429. The zero-order valence-corrected chi connectivity index (χ0v) is 13.0. The number of phenols is 1. The molecule has 0 heterocycles. The molecule has 0 aliphatic rings. The van der Waals surface area contributed by atoms with Gasteiger partial charge in [0.1, 0.15) is 11.6 Å². The summed E-state index contributed by atoms with van der Waals surface area (Å²) >= 11 is 0. The summed E-state index contributed by atoms with van der Waals surface area (Å²) in [5, 5.41) is 10.3. The summed E-state index contributed by atoms with van der Waals surface area (Å²) in [6.45, 7) is 9.63. The lowest BCUT2D eigenvalue weighted by Crippen LogP contribution is -1.89. The van der Waals surface area contributed by atoms with E-state index < -0.39 is 11.9 Å². The van der Waals surface area contributed by atoms with Crippen LogP contribution in [0, 0.1) is 12.7 Å². The fourth-order valence-electron chi connectivity index (χ4n) is 1.92. The first kappa shape index (κ1) is 19.0. The van der Waals surface area contributed by atoms with Crippen LogP contribution in [0.5, 0.6) is 5.75 Å². The molecular weight excluding hydrogens is 277 g/mol. The van der Waals surface area contributed by atoms with Gasteiger partial charge in [-0.05, 0) is 41.5 Å². The number of aromatic hydroxyl groups is 1. The van der Waals surface area contributed by atoms with Crippen LogP contribution in [0.4, 0.5) is 13.2 Å². The molecule has 2 aromatic rings. The highest BCUT2D eigenvalue weighted by molar-refractivity contribution is 5.94. The van der Waals surface area contributed by atoms with E-state index in [4.69, 9.17) is 0 Å². The molecule has 116 valence electrons. The third kappa shape index (κ3) is 4.81. The van der Waals surface area contributed by atoms with Crippen LogP contribution in [0.15, 0.2) is 30.3 Å². The summed E-state index contributed by atoms with van der Waals surface area (Å²) < 4.78 is 38.1. The van der Waals surface area contributed by atoms with E-state index in [1.807, 2.05) is 27.7 Å². The van der Waals surface area contributed by atoms with Gasteiger partial charge in [-0.1, -0.05) is 33.8 Å². The SMILES string of the molecule is CC.CC.Cc1cc(O)cc2ccc(F)c(C=C(F)F)c12. The van der Waals surface area contributed by atoms with Gasteiger partial charge in [-0.25, -0.2) is 4.39 Å². The lowest BCUT2D eigenvalue weighted by atomic mass is 9.99. The monoisotopic (exact) mass is 298 g/mol. The summed E-state index contributed by atoms with van der Waals surface area (Å²) in [4.78, 5) is 0. The number of fused-ring (bicyclic) bond motifs is 1. The van der Waals surface area contributed by atoms with E-state index in [2.05, 4.69) is 0 Å². The molecule has 0 fully saturated rings. The molecule has 1 nitrogen and oxygen atoms in total. The fraction of sp³-hybridized carbons (Fsp3) is 0.294. The molecule has 0 unspecified atom stereocenters. The molecule has 0 saturated carbocycles. The van der Waals surface area contributed by atoms with Crippen molar-refractivity contribution in [3.05, 3.63) is 47.3 Å². The third-order valence-corrected chi connectivity index (χ3v) is 2.54. The van der Waals surface area contributed by atoms with Gasteiger partial charge in [-0.15, -0.1) is 0 Å². The molecule has 2 aromatic carbocycles. The summed E-state index contributed by atoms with van der Waals surface area (Å²) in [6.07, 6.45) is -1.45. The Kier molecular flexibility index (Phi) is 8.21. The molecule has 2 rings (SSSR count). The second-order valence-corrected chi connectivity index (χ2v) is 3.76. The van der Waals surface area contributed by atoms with Crippen LogP contribution in [-0.4, -0.2) is 5.11 Å². The number of hydrogen-bond acceptors (Lipinski definition) is 1. The van der Waals surface area contributed by atoms with Crippen LogP contribution in [0.25, 0.3) is 16.8 Å². The van der Waals surface area contributed by atoms with Gasteiger partial charge in [0.2, 0.25) is 0 Å². The van der Waals surface area contributed by atoms with Crippen molar-refractivity contribution < 1.29 is 18.3 Å². The van der Waals surface area contributed by atoms with E-state index in [0.717, 1.165) is 6.07 Å². The largest absolute Gasteiger partial charge is 0.508 e. The van der Waals surface area contributed by atoms with Crippen molar-refractivity contribution in [3.8, 4) is 5.75 Å². The number of phenolic OH excluding ortho intramolecular Hbond substituents is 1. The van der Waals surface area contributed by atoms with Gasteiger partial charge in [-0.3, -0.25) is 0 Å². The summed E-state index contributed by atoms with van der Waals surface area (Å²) in [6, 6.07) is 5.38. The van der Waals surface area contributed by atoms with Crippen molar-refractivity contribution in [1.82, 2.24) is 0 Å². The molecule has 4 heteroatoms. The maximum absolute atomic E-state index is 13.5. The highest BCUT2D eigenvalue weighted by atomic mass is 19.3. The maximum Gasteiger partial charge on any atom is 0.271 e. The van der Waals surface area contributed by atoms with Gasteiger partial charge in [0.05, 0.1) is 0 Å². The van der Waals surface area contributed by atoms with E-state index in [1.54, 1.807) is 6.92 Å². The first-order chi connectivity index (χ1) is 9.99. The Morgan fingerprint density at radius 1 is 1.05 bits per heavy atom. The van der Waals surface area contributed by atoms with Gasteiger partial charge < -0.3 is 5.11 Å². The quantitative estimate of drug-likeness (QED) is 0.656. The molecule has 0 amide bonds. The zero-order chi connectivity index (χ0) is 16.6. The van der Waals surface area contributed by atoms with Crippen LogP contribution in [-0.2, 0) is 0 Å². The van der Waals surface area contributed by atoms with Crippen molar-refractivity contribution in [1.29, 1.82) is 0 Å². The highest BCUT2D eigenvalue weighted by Gasteiger charge is 2.10. The molecule has 0 atom stereocenters. The average Bonchev–Trinajstić information content (AvgIpc) is 2.45. The second-order valence-electron chi connectivity index (χ2n) is 3.76. The van der Waals surface area contributed by atoms with E-state index in [1.165, 1.54) is 18.2 Å². The Morgan fingerprint density at radius 3 is 2.14 bits per heavy atom. The van der Waals surface area contributed by atoms with Crippen LogP contribution in [0.1, 0.15) is 38.8 Å². The number of aryl methyl sites for hydroxylation is 1. The van der Waals surface area contributed by atoms with Crippen LogP contribution in [0.2, 0.25) is 0 Å². The van der Waals surface area contributed by atoms with Gasteiger partial charge in [-0.2, -0.15) is 8.78 Å². The Hall–Kier alpha value is -1.97. The topological polar surface area (TPSA) is 20.2 Å². The molecule has 0 aliphatic carbocycles. The van der Waals surface area contributed by atoms with Crippen molar-refractivity contribution in [2.45, 2.75) is 34.6 Å². The van der Waals surface area contributed by atoms with Crippen molar-refractivity contribution in [2.24, 2.45) is 0 Å². The van der Waals surface area contributed by atoms with E-state index in [-0.39, 0.29) is 11.3 Å². The van der Waals surface area contributed by atoms with E-state index in [0.29, 0.717) is 22.4 Å². The second kappa shape index (κ2) is 9.06. The Bertz CT molecular complexity index is 615. The molecule has 0 bridgehead atoms. The minimum atomic E-state index is -1.95. The average molecular weight is 298 g/mol. The van der Waals surface area contributed by atoms with Crippen LogP contribution in [0.3, 0.4) is 0 Å². The van der Waals surface area contributed by atoms with Crippen molar-refractivity contribution in [2.75, 3.05) is 0 Å². The molecule has 0 spiro atoms. The van der Waals surface area contributed by atoms with E-state index in [9.17, 15) is 18.3 Å². The molecular formula is C17H21F3O. The molecule has 0 saturated heterocycles. The van der Waals surface area contributed by atoms with Crippen LogP contribution < -0.4 is 0 Å². The maximum atomic E-state index is 13.5. The van der Waals surface area contributed by atoms with Crippen LogP contribution >= 0.6 is 0 Å². The lowest BCUT2D eigenvalue weighted by Gasteiger charge is -2.08. The number of benzene rings is 2. The smallest absolute Gasteiger partial charge is 0.271 e. The van der Waals surface area contributed by atoms with Gasteiger partial charge in [0.15, 0.2) is 0 Å². The standard InChI is InChI=1S/C13H9F3O.2C2H6/c1-7-4-9(17)5-8-2-3-11(14)10(13(7)8)6-12(15)16;2*1-2/h2-6,17H,1H3;2*1-2H3. The third-order valence-electron chi connectivity index (χ3n) is 2.54. The summed E-state index contributed by atoms with van der Waals surface area (Å²) in [7, 11) is 0. The Labute approximate surface area is 123 Å². The van der Waals surface area contributed by atoms with Gasteiger partial charge in [0.25, 0.3) is 6.08 Å². The van der Waals surface area contributed by atoms with Gasteiger partial charge in [0, 0.05) is 11.6 Å². The fourth-order valence-corrected chi connectivity index (χ4v) is 1.92. The predicted molar refractivity (Wildman–Crippen MR) is 83.2 cm³/mol. The molecule has 0 aromatic heterocycles. The minimum Gasteiger partial charge on any atom is -0.508 e. The number of hydrogen-bond donors (Lipinski definition) is 1. The zero-order valence-electron chi connectivity index (χ0n) is 13.0. The Balaban J connectivity index is 0.000000921. The molecule has 21 heavy (non-hydrogen) atoms. The number of halogens is 3. The first-order valence-corrected chi connectivity index (χ1v) is 6.93. The number of rotatable bonds is 1. The normalized spacial score (nSPS) is 9.14. The van der Waals surface area contributed by atoms with E-state index >= 15 is 0 Å². The summed E-state index contributed by atoms with van der Waals surface area (Å²) in [5.74, 6) is -0.684. The Morgan fingerprint density at radius 2 is 1.62 bits per heavy atom. The van der Waals surface area contributed by atoms with Crippen molar-refractivity contribution >= 4 is 16.8 Å².